The molecule has 0 bridgehead atoms. The van der Waals surface area contributed by atoms with Gasteiger partial charge in [-0.3, -0.25) is 0 Å². The van der Waals surface area contributed by atoms with Gasteiger partial charge in [0.2, 0.25) is 0 Å². The Morgan fingerprint density at radius 3 is 3.00 bits per heavy atom. The van der Waals surface area contributed by atoms with Crippen molar-refractivity contribution in [1.82, 2.24) is 14.8 Å². The molecule has 0 fully saturated rings. The summed E-state index contributed by atoms with van der Waals surface area (Å²) in [5.41, 5.74) is 6.60. The SMILES string of the molecule is NCCc1cccnc1-n1cc(Cl)cn1. The van der Waals surface area contributed by atoms with Crippen LogP contribution in [0.15, 0.2) is 30.7 Å². The van der Waals surface area contributed by atoms with Crippen molar-refractivity contribution in [1.29, 1.82) is 0 Å². The molecule has 2 aromatic heterocycles. The van der Waals surface area contributed by atoms with Gasteiger partial charge in [-0.05, 0) is 24.6 Å². The minimum atomic E-state index is 0.591. The molecule has 0 amide bonds. The van der Waals surface area contributed by atoms with Gasteiger partial charge in [0.1, 0.15) is 0 Å². The minimum Gasteiger partial charge on any atom is -0.330 e. The molecule has 0 spiro atoms. The van der Waals surface area contributed by atoms with Gasteiger partial charge in [-0.15, -0.1) is 0 Å². The molecule has 0 radical (unpaired) electrons. The van der Waals surface area contributed by atoms with E-state index >= 15 is 0 Å². The molecular weight excluding hydrogens is 212 g/mol. The highest BCUT2D eigenvalue weighted by atomic mass is 35.5. The summed E-state index contributed by atoms with van der Waals surface area (Å²) in [4.78, 5) is 4.27. The van der Waals surface area contributed by atoms with Crippen molar-refractivity contribution >= 4 is 11.6 Å². The molecule has 0 aliphatic carbocycles. The fourth-order valence-electron chi connectivity index (χ4n) is 1.40. The number of aromatic nitrogens is 3. The molecule has 0 saturated heterocycles. The molecule has 15 heavy (non-hydrogen) atoms. The molecule has 2 rings (SSSR count). The van der Waals surface area contributed by atoms with Crippen LogP contribution < -0.4 is 5.73 Å². The molecule has 0 aliphatic rings. The van der Waals surface area contributed by atoms with Gasteiger partial charge >= 0.3 is 0 Å². The molecule has 0 saturated carbocycles. The van der Waals surface area contributed by atoms with E-state index in [2.05, 4.69) is 10.1 Å². The van der Waals surface area contributed by atoms with Crippen LogP contribution in [0.1, 0.15) is 5.56 Å². The summed E-state index contributed by atoms with van der Waals surface area (Å²) >= 11 is 5.80. The summed E-state index contributed by atoms with van der Waals surface area (Å²) in [6, 6.07) is 3.88. The van der Waals surface area contributed by atoms with E-state index in [0.29, 0.717) is 11.6 Å². The average Bonchev–Trinajstić information content (AvgIpc) is 2.66. The highest BCUT2D eigenvalue weighted by molar-refractivity contribution is 6.30. The Morgan fingerprint density at radius 1 is 1.47 bits per heavy atom. The summed E-state index contributed by atoms with van der Waals surface area (Å²) in [5, 5.41) is 4.71. The Balaban J connectivity index is 2.42. The van der Waals surface area contributed by atoms with Crippen molar-refractivity contribution in [3.05, 3.63) is 41.3 Å². The predicted molar refractivity (Wildman–Crippen MR) is 59.1 cm³/mol. The van der Waals surface area contributed by atoms with E-state index in [9.17, 15) is 0 Å². The van der Waals surface area contributed by atoms with Crippen molar-refractivity contribution in [2.75, 3.05) is 6.54 Å². The number of rotatable bonds is 3. The van der Waals surface area contributed by atoms with Crippen LogP contribution in [-0.2, 0) is 6.42 Å². The minimum absolute atomic E-state index is 0.591. The van der Waals surface area contributed by atoms with Gasteiger partial charge in [0.15, 0.2) is 5.82 Å². The standard InChI is InChI=1S/C10H11ClN4/c11-9-6-14-15(7-9)10-8(3-4-12)2-1-5-13-10/h1-2,5-7H,3-4,12H2. The van der Waals surface area contributed by atoms with Crippen LogP contribution in [0.4, 0.5) is 0 Å². The van der Waals surface area contributed by atoms with Gasteiger partial charge in [0.25, 0.3) is 0 Å². The van der Waals surface area contributed by atoms with E-state index in [1.54, 1.807) is 23.3 Å². The molecule has 78 valence electrons. The third kappa shape index (κ3) is 2.16. The average molecular weight is 223 g/mol. The molecule has 2 aromatic rings. The molecule has 0 aromatic carbocycles. The predicted octanol–water partition coefficient (Wildman–Crippen LogP) is 1.42. The molecule has 0 atom stereocenters. The van der Waals surface area contributed by atoms with E-state index in [4.69, 9.17) is 17.3 Å². The van der Waals surface area contributed by atoms with Gasteiger partial charge in [0, 0.05) is 6.20 Å². The van der Waals surface area contributed by atoms with Crippen molar-refractivity contribution in [3.8, 4) is 5.82 Å². The molecule has 0 aliphatic heterocycles. The first-order valence-corrected chi connectivity index (χ1v) is 5.03. The van der Waals surface area contributed by atoms with Crippen LogP contribution in [0.5, 0.6) is 0 Å². The van der Waals surface area contributed by atoms with Crippen LogP contribution in [0.3, 0.4) is 0 Å². The van der Waals surface area contributed by atoms with E-state index in [0.717, 1.165) is 17.8 Å². The van der Waals surface area contributed by atoms with Crippen molar-refractivity contribution in [2.24, 2.45) is 5.73 Å². The summed E-state index contributed by atoms with van der Waals surface area (Å²) < 4.78 is 1.66. The van der Waals surface area contributed by atoms with Gasteiger partial charge in [-0.2, -0.15) is 5.10 Å². The van der Waals surface area contributed by atoms with Crippen molar-refractivity contribution < 1.29 is 0 Å². The lowest BCUT2D eigenvalue weighted by atomic mass is 10.2. The fourth-order valence-corrected chi connectivity index (χ4v) is 1.54. The molecule has 4 nitrogen and oxygen atoms in total. The zero-order valence-corrected chi connectivity index (χ0v) is 8.85. The number of halogens is 1. The summed E-state index contributed by atoms with van der Waals surface area (Å²) in [7, 11) is 0. The smallest absolute Gasteiger partial charge is 0.156 e. The fraction of sp³-hybridized carbons (Fsp3) is 0.200. The Bertz CT molecular complexity index is 452. The summed E-state index contributed by atoms with van der Waals surface area (Å²) in [6.07, 6.45) is 5.82. The lowest BCUT2D eigenvalue weighted by molar-refractivity contribution is 0.818. The first-order chi connectivity index (χ1) is 7.31. The molecule has 0 unspecified atom stereocenters. The number of hydrogen-bond acceptors (Lipinski definition) is 3. The topological polar surface area (TPSA) is 56.7 Å². The second-order valence-corrected chi connectivity index (χ2v) is 3.56. The number of nitrogens with two attached hydrogens (primary N) is 1. The van der Waals surface area contributed by atoms with Gasteiger partial charge < -0.3 is 5.73 Å². The van der Waals surface area contributed by atoms with Crippen LogP contribution in [0, 0.1) is 0 Å². The van der Waals surface area contributed by atoms with E-state index in [1.165, 1.54) is 0 Å². The summed E-state index contributed by atoms with van der Waals surface area (Å²) in [5.74, 6) is 0.787. The first kappa shape index (κ1) is 10.1. The van der Waals surface area contributed by atoms with E-state index in [-0.39, 0.29) is 0 Å². The lowest BCUT2D eigenvalue weighted by Crippen LogP contribution is -2.08. The quantitative estimate of drug-likeness (QED) is 0.855. The van der Waals surface area contributed by atoms with Crippen molar-refractivity contribution in [3.63, 3.8) is 0 Å². The molecule has 5 heteroatoms. The Labute approximate surface area is 92.7 Å². The highest BCUT2D eigenvalue weighted by Crippen LogP contribution is 2.13. The normalized spacial score (nSPS) is 10.5. The molecule has 2 heterocycles. The van der Waals surface area contributed by atoms with Crippen LogP contribution in [-0.4, -0.2) is 21.3 Å². The van der Waals surface area contributed by atoms with Gasteiger partial charge in [0.05, 0.1) is 17.4 Å². The lowest BCUT2D eigenvalue weighted by Gasteiger charge is -2.06. The van der Waals surface area contributed by atoms with Crippen LogP contribution in [0.2, 0.25) is 5.02 Å². The second-order valence-electron chi connectivity index (χ2n) is 3.13. The maximum Gasteiger partial charge on any atom is 0.156 e. The van der Waals surface area contributed by atoms with Crippen LogP contribution in [0.25, 0.3) is 5.82 Å². The first-order valence-electron chi connectivity index (χ1n) is 4.66. The third-order valence-electron chi connectivity index (χ3n) is 2.05. The largest absolute Gasteiger partial charge is 0.330 e. The molecule has 2 N–H and O–H groups in total. The van der Waals surface area contributed by atoms with Gasteiger partial charge in [-0.25, -0.2) is 9.67 Å². The number of pyridine rings is 1. The zero-order chi connectivity index (χ0) is 10.7. The van der Waals surface area contributed by atoms with E-state index < -0.39 is 0 Å². The second kappa shape index (κ2) is 4.42. The molecular formula is C10H11ClN4. The maximum absolute atomic E-state index is 5.80. The summed E-state index contributed by atoms with van der Waals surface area (Å²) in [6.45, 7) is 0.591. The monoisotopic (exact) mass is 222 g/mol. The Hall–Kier alpha value is -1.39. The van der Waals surface area contributed by atoms with E-state index in [1.807, 2.05) is 12.1 Å². The number of nitrogens with zero attached hydrogens (tertiary/aromatic N) is 3. The highest BCUT2D eigenvalue weighted by Gasteiger charge is 2.05. The third-order valence-corrected chi connectivity index (χ3v) is 2.24. The maximum atomic E-state index is 5.80. The number of hydrogen-bond donors (Lipinski definition) is 1. The zero-order valence-electron chi connectivity index (χ0n) is 8.10. The van der Waals surface area contributed by atoms with Crippen molar-refractivity contribution in [2.45, 2.75) is 6.42 Å². The Kier molecular flexibility index (Phi) is 2.99. The van der Waals surface area contributed by atoms with Crippen LogP contribution >= 0.6 is 11.6 Å². The Morgan fingerprint density at radius 2 is 2.33 bits per heavy atom. The van der Waals surface area contributed by atoms with Gasteiger partial charge in [-0.1, -0.05) is 17.7 Å².